The minimum Gasteiger partial charge on any atom is -0.362 e. The van der Waals surface area contributed by atoms with Gasteiger partial charge < -0.3 is 15.6 Å². The summed E-state index contributed by atoms with van der Waals surface area (Å²) >= 11 is 0. The zero-order chi connectivity index (χ0) is 21.4. The molecule has 3 rings (SSSR count). The van der Waals surface area contributed by atoms with Gasteiger partial charge in [-0.15, -0.1) is 0 Å². The second-order valence-electron chi connectivity index (χ2n) is 8.53. The summed E-state index contributed by atoms with van der Waals surface area (Å²) in [4.78, 5) is 10.5. The predicted octanol–water partition coefficient (Wildman–Crippen LogP) is 3.42. The Morgan fingerprint density at radius 1 is 1.38 bits per heavy atom. The first-order valence-corrected chi connectivity index (χ1v) is 9.59. The molecule has 1 aliphatic heterocycles. The number of hydrogen-bond acceptors (Lipinski definition) is 8. The molecule has 1 saturated heterocycles. The fourth-order valence-electron chi connectivity index (χ4n) is 3.15. The van der Waals surface area contributed by atoms with E-state index in [-0.39, 0.29) is 31.4 Å². The number of rotatable bonds is 7. The minimum atomic E-state index is -2.79. The summed E-state index contributed by atoms with van der Waals surface area (Å²) in [7, 11) is 0. The monoisotopic (exact) mass is 407 g/mol. The van der Waals surface area contributed by atoms with E-state index in [9.17, 15) is 8.78 Å². The van der Waals surface area contributed by atoms with Crippen molar-refractivity contribution < 1.29 is 8.78 Å². The van der Waals surface area contributed by atoms with Gasteiger partial charge in [-0.3, -0.25) is 5.41 Å². The van der Waals surface area contributed by atoms with Gasteiger partial charge in [0.25, 0.3) is 5.92 Å². The Hall–Kier alpha value is -2.72. The number of amidine groups is 1. The first kappa shape index (κ1) is 21.0. The van der Waals surface area contributed by atoms with Crippen LogP contribution in [-0.2, 0) is 5.41 Å². The van der Waals surface area contributed by atoms with Crippen LogP contribution in [0.2, 0.25) is 0 Å². The molecule has 0 aromatic carbocycles. The van der Waals surface area contributed by atoms with E-state index in [1.807, 2.05) is 20.8 Å². The second-order valence-corrected chi connectivity index (χ2v) is 8.53. The maximum atomic E-state index is 13.8. The molecule has 0 radical (unpaired) electrons. The third-order valence-corrected chi connectivity index (χ3v) is 4.91. The Balaban J connectivity index is 1.92. The number of hydrogen-bond donors (Lipinski definition) is 4. The number of anilines is 2. The fourth-order valence-corrected chi connectivity index (χ4v) is 3.15. The van der Waals surface area contributed by atoms with Gasteiger partial charge in [0.15, 0.2) is 0 Å². The second kappa shape index (κ2) is 7.60. The van der Waals surface area contributed by atoms with Crippen LogP contribution in [0.1, 0.15) is 51.4 Å². The van der Waals surface area contributed by atoms with Crippen molar-refractivity contribution in [1.82, 2.24) is 15.0 Å². The zero-order valence-electron chi connectivity index (χ0n) is 16.9. The summed E-state index contributed by atoms with van der Waals surface area (Å²) in [6, 6.07) is 0.0851. The van der Waals surface area contributed by atoms with Crippen LogP contribution in [0.25, 0.3) is 0 Å². The first-order valence-electron chi connectivity index (χ1n) is 9.59. The Labute approximate surface area is 168 Å². The fraction of sp³-hybridized carbons (Fsp3) is 0.667. The lowest BCUT2D eigenvalue weighted by Gasteiger charge is -2.25. The van der Waals surface area contributed by atoms with E-state index in [4.69, 9.17) is 16.3 Å². The third kappa shape index (κ3) is 4.65. The molecule has 0 amide bonds. The maximum absolute atomic E-state index is 13.8. The highest BCUT2D eigenvalue weighted by Crippen LogP contribution is 2.34. The van der Waals surface area contributed by atoms with E-state index in [1.165, 1.54) is 9.91 Å². The molecule has 158 valence electrons. The smallest absolute Gasteiger partial charge is 0.266 e. The molecule has 1 aromatic heterocycles. The number of halogens is 2. The Kier molecular flexibility index (Phi) is 5.50. The summed E-state index contributed by atoms with van der Waals surface area (Å²) < 4.78 is 27.6. The Bertz CT molecular complexity index is 814. The summed E-state index contributed by atoms with van der Waals surface area (Å²) in [5.41, 5.74) is 7.14. The quantitative estimate of drug-likeness (QED) is 0.238. The standard InChI is InChI=1S/C18H27F2N9/c1-17(2,3)16-25-14(24-9-13(22)29(27-23)11-4-5-11)12(8-21)15(26-16)28-7-6-18(19,20)10-28/h8,11,21-23H,4-7,9-10H2,1-3H3,(H,24,25,26). The Morgan fingerprint density at radius 3 is 2.55 bits per heavy atom. The molecule has 11 heteroatoms. The molecule has 0 spiro atoms. The molecule has 2 heterocycles. The van der Waals surface area contributed by atoms with Gasteiger partial charge in [0, 0.05) is 24.6 Å². The van der Waals surface area contributed by atoms with Gasteiger partial charge in [-0.25, -0.2) is 23.8 Å². The van der Waals surface area contributed by atoms with Crippen molar-refractivity contribution in [2.24, 2.45) is 5.22 Å². The summed E-state index contributed by atoms with van der Waals surface area (Å²) in [6.07, 6.45) is 2.59. The van der Waals surface area contributed by atoms with Crippen LogP contribution in [-0.4, -0.2) is 58.6 Å². The van der Waals surface area contributed by atoms with Gasteiger partial charge in [0.05, 0.1) is 24.7 Å². The predicted molar refractivity (Wildman–Crippen MR) is 107 cm³/mol. The molecular weight excluding hydrogens is 380 g/mol. The highest BCUT2D eigenvalue weighted by Gasteiger charge is 2.40. The van der Waals surface area contributed by atoms with E-state index in [1.54, 1.807) is 0 Å². The maximum Gasteiger partial charge on any atom is 0.266 e. The van der Waals surface area contributed by atoms with Crippen LogP contribution in [0.5, 0.6) is 0 Å². The molecule has 9 nitrogen and oxygen atoms in total. The Morgan fingerprint density at radius 2 is 2.07 bits per heavy atom. The summed E-state index contributed by atoms with van der Waals surface area (Å²) in [6.45, 7) is 5.53. The van der Waals surface area contributed by atoms with E-state index in [2.05, 4.69) is 20.5 Å². The van der Waals surface area contributed by atoms with E-state index >= 15 is 0 Å². The van der Waals surface area contributed by atoms with Gasteiger partial charge in [-0.05, 0) is 12.8 Å². The van der Waals surface area contributed by atoms with Crippen LogP contribution in [0.3, 0.4) is 0 Å². The molecule has 2 fully saturated rings. The molecule has 1 saturated carbocycles. The molecule has 0 unspecified atom stereocenters. The van der Waals surface area contributed by atoms with Crippen LogP contribution in [0, 0.1) is 16.3 Å². The van der Waals surface area contributed by atoms with Crippen molar-refractivity contribution in [2.45, 2.75) is 57.4 Å². The molecule has 0 bridgehead atoms. The highest BCUT2D eigenvalue weighted by molar-refractivity contribution is 5.92. The topological polar surface area (TPSA) is 128 Å². The van der Waals surface area contributed by atoms with E-state index < -0.39 is 17.9 Å². The average Bonchev–Trinajstić information content (AvgIpc) is 3.41. The first-order chi connectivity index (χ1) is 13.6. The van der Waals surface area contributed by atoms with E-state index in [0.29, 0.717) is 23.0 Å². The van der Waals surface area contributed by atoms with Gasteiger partial charge in [0.1, 0.15) is 23.3 Å². The van der Waals surface area contributed by atoms with Crippen molar-refractivity contribution in [3.8, 4) is 0 Å². The van der Waals surface area contributed by atoms with Crippen LogP contribution in [0.4, 0.5) is 20.4 Å². The number of nitrogens with one attached hydrogen (secondary N) is 4. The van der Waals surface area contributed by atoms with Gasteiger partial charge in [0.2, 0.25) is 0 Å². The molecule has 0 atom stereocenters. The van der Waals surface area contributed by atoms with Gasteiger partial charge in [-0.2, -0.15) is 5.53 Å². The molecular formula is C18H27F2N9. The molecule has 2 aliphatic rings. The summed E-state index contributed by atoms with van der Waals surface area (Å²) in [5.74, 6) is -1.59. The van der Waals surface area contributed by atoms with E-state index in [0.717, 1.165) is 19.1 Å². The van der Waals surface area contributed by atoms with Crippen molar-refractivity contribution in [1.29, 1.82) is 16.3 Å². The average molecular weight is 407 g/mol. The third-order valence-electron chi connectivity index (χ3n) is 4.91. The molecule has 1 aliphatic carbocycles. The minimum absolute atomic E-state index is 0.0515. The molecule has 29 heavy (non-hydrogen) atoms. The van der Waals surface area contributed by atoms with Crippen molar-refractivity contribution >= 4 is 23.7 Å². The largest absolute Gasteiger partial charge is 0.362 e. The van der Waals surface area contributed by atoms with Crippen LogP contribution < -0.4 is 10.2 Å². The highest BCUT2D eigenvalue weighted by atomic mass is 19.3. The lowest BCUT2D eigenvalue weighted by molar-refractivity contribution is 0.0256. The van der Waals surface area contributed by atoms with Crippen LogP contribution >= 0.6 is 0 Å². The number of alkyl halides is 2. The molecule has 4 N–H and O–H groups in total. The SMILES string of the molecule is CC(C)(C)c1nc(NCC(=N)N(N=N)C2CC2)c(C=N)c(N2CCC(F)(F)C2)n1. The van der Waals surface area contributed by atoms with Crippen LogP contribution in [0.15, 0.2) is 5.22 Å². The van der Waals surface area contributed by atoms with Crippen molar-refractivity contribution in [3.63, 3.8) is 0 Å². The number of aromatic nitrogens is 2. The molecule has 1 aromatic rings. The lowest BCUT2D eigenvalue weighted by atomic mass is 9.95. The number of nitrogens with zero attached hydrogens (tertiary/aromatic N) is 5. The normalized spacial score (nSPS) is 18.4. The summed E-state index contributed by atoms with van der Waals surface area (Å²) in [5, 5.41) is 23.8. The lowest BCUT2D eigenvalue weighted by Crippen LogP contribution is -2.33. The van der Waals surface area contributed by atoms with Gasteiger partial charge >= 0.3 is 0 Å². The van der Waals surface area contributed by atoms with Crippen molar-refractivity contribution in [3.05, 3.63) is 11.4 Å². The zero-order valence-corrected chi connectivity index (χ0v) is 16.9. The van der Waals surface area contributed by atoms with Gasteiger partial charge in [-0.1, -0.05) is 26.0 Å². The van der Waals surface area contributed by atoms with Crippen molar-refractivity contribution in [2.75, 3.05) is 29.9 Å².